The summed E-state index contributed by atoms with van der Waals surface area (Å²) in [7, 11) is 1.97. The molecule has 0 aliphatic rings. The van der Waals surface area contributed by atoms with Crippen LogP contribution in [0.3, 0.4) is 0 Å². The topological polar surface area (TPSA) is 66.5 Å². The predicted molar refractivity (Wildman–Crippen MR) is 69.1 cm³/mol. The molecular formula is C13H15N5. The predicted octanol–water partition coefficient (Wildman–Crippen LogP) is 1.65. The second kappa shape index (κ2) is 5.32. The van der Waals surface area contributed by atoms with Crippen LogP contribution < -0.4 is 5.32 Å². The number of hydrogen-bond donors (Lipinski definition) is 1. The second-order valence-electron chi connectivity index (χ2n) is 4.10. The molecule has 5 heteroatoms. The molecule has 5 nitrogen and oxygen atoms in total. The monoisotopic (exact) mass is 241 g/mol. The van der Waals surface area contributed by atoms with Gasteiger partial charge in [0.15, 0.2) is 0 Å². The van der Waals surface area contributed by atoms with Crippen LogP contribution in [-0.4, -0.2) is 21.1 Å². The van der Waals surface area contributed by atoms with Crippen LogP contribution >= 0.6 is 0 Å². The van der Waals surface area contributed by atoms with Crippen LogP contribution in [-0.2, 0) is 13.5 Å². The number of anilines is 1. The van der Waals surface area contributed by atoms with Crippen LogP contribution in [0.25, 0.3) is 0 Å². The van der Waals surface area contributed by atoms with Crippen LogP contribution in [0.1, 0.15) is 17.1 Å². The molecule has 92 valence electrons. The fourth-order valence-corrected chi connectivity index (χ4v) is 1.68. The summed E-state index contributed by atoms with van der Waals surface area (Å²) in [5, 5.41) is 12.1. The Bertz CT molecular complexity index is 579. The Morgan fingerprint density at radius 2 is 2.28 bits per heavy atom. The fraction of sp³-hybridized carbons (Fsp3) is 0.308. The largest absolute Gasteiger partial charge is 0.370 e. The van der Waals surface area contributed by atoms with Gasteiger partial charge in [0, 0.05) is 32.4 Å². The summed E-state index contributed by atoms with van der Waals surface area (Å²) >= 11 is 0. The summed E-state index contributed by atoms with van der Waals surface area (Å²) < 4.78 is 1.99. The lowest BCUT2D eigenvalue weighted by Gasteiger charge is -2.06. The third kappa shape index (κ3) is 2.66. The van der Waals surface area contributed by atoms with Crippen LogP contribution in [0.15, 0.2) is 24.5 Å². The Balaban J connectivity index is 1.95. The van der Waals surface area contributed by atoms with Crippen molar-refractivity contribution in [3.8, 4) is 6.07 Å². The molecule has 0 saturated heterocycles. The number of nitrogens with zero attached hydrogens (tertiary/aromatic N) is 4. The number of hydrogen-bond acceptors (Lipinski definition) is 4. The van der Waals surface area contributed by atoms with Crippen molar-refractivity contribution in [3.63, 3.8) is 0 Å². The zero-order valence-corrected chi connectivity index (χ0v) is 10.5. The molecule has 2 heterocycles. The Hall–Kier alpha value is -2.35. The van der Waals surface area contributed by atoms with E-state index in [0.717, 1.165) is 30.2 Å². The lowest BCUT2D eigenvalue weighted by Crippen LogP contribution is -2.10. The highest BCUT2D eigenvalue weighted by Gasteiger charge is 2.02. The third-order valence-corrected chi connectivity index (χ3v) is 2.78. The van der Waals surface area contributed by atoms with Crippen LogP contribution in [0.5, 0.6) is 0 Å². The molecule has 0 saturated carbocycles. The van der Waals surface area contributed by atoms with Gasteiger partial charge < -0.3 is 9.88 Å². The van der Waals surface area contributed by atoms with E-state index in [-0.39, 0.29) is 0 Å². The number of rotatable bonds is 4. The summed E-state index contributed by atoms with van der Waals surface area (Å²) in [6.45, 7) is 2.62. The van der Waals surface area contributed by atoms with Gasteiger partial charge in [0.2, 0.25) is 0 Å². The van der Waals surface area contributed by atoms with Gasteiger partial charge in [-0.05, 0) is 18.6 Å². The lowest BCUT2D eigenvalue weighted by atomic mass is 10.2. The number of aromatic nitrogens is 3. The van der Waals surface area contributed by atoms with Gasteiger partial charge in [0.05, 0.1) is 0 Å². The van der Waals surface area contributed by atoms with Gasteiger partial charge in [-0.1, -0.05) is 6.07 Å². The molecule has 0 spiro atoms. The molecule has 0 amide bonds. The molecule has 0 atom stereocenters. The molecule has 0 bridgehead atoms. The molecule has 0 radical (unpaired) electrons. The first-order valence-corrected chi connectivity index (χ1v) is 5.78. The second-order valence-corrected chi connectivity index (χ2v) is 4.10. The number of aryl methyl sites for hydroxylation is 2. The number of nitriles is 1. The molecular weight excluding hydrogens is 226 g/mol. The van der Waals surface area contributed by atoms with Crippen molar-refractivity contribution in [1.29, 1.82) is 5.26 Å². The average molecular weight is 241 g/mol. The van der Waals surface area contributed by atoms with Crippen LogP contribution in [0, 0.1) is 18.3 Å². The van der Waals surface area contributed by atoms with Crippen molar-refractivity contribution in [3.05, 3.63) is 41.6 Å². The van der Waals surface area contributed by atoms with Crippen molar-refractivity contribution >= 4 is 5.82 Å². The number of nitrogens with one attached hydrogen (secondary N) is 1. The van der Waals surface area contributed by atoms with Crippen molar-refractivity contribution in [2.45, 2.75) is 13.3 Å². The molecule has 0 aliphatic carbocycles. The van der Waals surface area contributed by atoms with E-state index >= 15 is 0 Å². The van der Waals surface area contributed by atoms with Crippen LogP contribution in [0.4, 0.5) is 5.82 Å². The van der Waals surface area contributed by atoms with Crippen molar-refractivity contribution in [1.82, 2.24) is 14.5 Å². The average Bonchev–Trinajstić information content (AvgIpc) is 2.77. The summed E-state index contributed by atoms with van der Waals surface area (Å²) in [5.41, 5.74) is 1.36. The van der Waals surface area contributed by atoms with E-state index in [4.69, 9.17) is 5.26 Å². The van der Waals surface area contributed by atoms with Gasteiger partial charge in [-0.2, -0.15) is 5.26 Å². The quantitative estimate of drug-likeness (QED) is 0.883. The Morgan fingerprint density at radius 3 is 2.94 bits per heavy atom. The maximum atomic E-state index is 8.90. The molecule has 0 fully saturated rings. The first-order valence-electron chi connectivity index (χ1n) is 5.78. The highest BCUT2D eigenvalue weighted by atomic mass is 15.0. The summed E-state index contributed by atoms with van der Waals surface area (Å²) in [6, 6.07) is 5.86. The standard InChI is InChI=1S/C13H15N5/c1-10-3-4-12(17-11(10)9-14)15-6-5-13-16-7-8-18(13)2/h3-4,7-8H,5-6H2,1-2H3,(H,15,17). The smallest absolute Gasteiger partial charge is 0.145 e. The van der Waals surface area contributed by atoms with E-state index in [2.05, 4.69) is 21.4 Å². The minimum atomic E-state index is 0.469. The normalized spacial score (nSPS) is 10.1. The first-order chi connectivity index (χ1) is 8.70. The van der Waals surface area contributed by atoms with E-state index in [1.807, 2.05) is 36.9 Å². The summed E-state index contributed by atoms with van der Waals surface area (Å²) in [6.07, 6.45) is 4.53. The van der Waals surface area contributed by atoms with E-state index < -0.39 is 0 Å². The van der Waals surface area contributed by atoms with Crippen molar-refractivity contribution in [2.24, 2.45) is 7.05 Å². The fourth-order valence-electron chi connectivity index (χ4n) is 1.68. The Kier molecular flexibility index (Phi) is 3.58. The third-order valence-electron chi connectivity index (χ3n) is 2.78. The number of pyridine rings is 1. The molecule has 18 heavy (non-hydrogen) atoms. The molecule has 2 aromatic rings. The van der Waals surface area contributed by atoms with Gasteiger partial charge in [-0.15, -0.1) is 0 Å². The maximum absolute atomic E-state index is 8.90. The van der Waals surface area contributed by atoms with Crippen molar-refractivity contribution in [2.75, 3.05) is 11.9 Å². The Labute approximate surface area is 106 Å². The van der Waals surface area contributed by atoms with Gasteiger partial charge in [0.1, 0.15) is 23.4 Å². The van der Waals surface area contributed by atoms with E-state index in [1.54, 1.807) is 6.20 Å². The van der Waals surface area contributed by atoms with E-state index in [9.17, 15) is 0 Å². The summed E-state index contributed by atoms with van der Waals surface area (Å²) in [4.78, 5) is 8.48. The highest BCUT2D eigenvalue weighted by Crippen LogP contribution is 2.09. The van der Waals surface area contributed by atoms with E-state index in [0.29, 0.717) is 5.69 Å². The zero-order valence-electron chi connectivity index (χ0n) is 10.5. The first kappa shape index (κ1) is 12.1. The van der Waals surface area contributed by atoms with Gasteiger partial charge >= 0.3 is 0 Å². The van der Waals surface area contributed by atoms with Gasteiger partial charge in [-0.3, -0.25) is 0 Å². The minimum Gasteiger partial charge on any atom is -0.370 e. The zero-order chi connectivity index (χ0) is 13.0. The SMILES string of the molecule is Cc1ccc(NCCc2nccn2C)nc1C#N. The van der Waals surface area contributed by atoms with E-state index in [1.165, 1.54) is 0 Å². The number of imidazole rings is 1. The molecule has 2 aromatic heterocycles. The van der Waals surface area contributed by atoms with Gasteiger partial charge in [-0.25, -0.2) is 9.97 Å². The minimum absolute atomic E-state index is 0.469. The lowest BCUT2D eigenvalue weighted by molar-refractivity contribution is 0.788. The van der Waals surface area contributed by atoms with Crippen LogP contribution in [0.2, 0.25) is 0 Å². The summed E-state index contributed by atoms with van der Waals surface area (Å²) in [5.74, 6) is 1.75. The molecule has 2 rings (SSSR count). The van der Waals surface area contributed by atoms with Gasteiger partial charge in [0.25, 0.3) is 0 Å². The Morgan fingerprint density at radius 1 is 1.44 bits per heavy atom. The molecule has 0 aliphatic heterocycles. The molecule has 0 unspecified atom stereocenters. The highest BCUT2D eigenvalue weighted by molar-refractivity contribution is 5.42. The van der Waals surface area contributed by atoms with Crippen molar-refractivity contribution < 1.29 is 0 Å². The molecule has 0 aromatic carbocycles. The molecule has 1 N–H and O–H groups in total. The maximum Gasteiger partial charge on any atom is 0.145 e.